The molecule has 0 aromatic carbocycles. The van der Waals surface area contributed by atoms with Crippen LogP contribution in [0.2, 0.25) is 0 Å². The topological polar surface area (TPSA) is 97.7 Å². The SMILES string of the molecule is C[C@H](CCC(=O)[O-])[C@H]1CC[C@H]2[C@@H]3C(O)CC4CC(=O)CC[C@]4(C)C3CC(O)[C@]12C.[Na+]. The first-order valence-corrected chi connectivity index (χ1v) is 11.7. The Morgan fingerprint density at radius 2 is 1.90 bits per heavy atom. The van der Waals surface area contributed by atoms with E-state index in [4.69, 9.17) is 0 Å². The van der Waals surface area contributed by atoms with E-state index in [0.29, 0.717) is 37.9 Å². The van der Waals surface area contributed by atoms with Gasteiger partial charge in [-0.05, 0) is 91.3 Å². The summed E-state index contributed by atoms with van der Waals surface area (Å²) in [7, 11) is 0. The Labute approximate surface area is 202 Å². The summed E-state index contributed by atoms with van der Waals surface area (Å²) in [6.07, 6.45) is 5.28. The van der Waals surface area contributed by atoms with Crippen LogP contribution in [0.25, 0.3) is 0 Å². The van der Waals surface area contributed by atoms with Gasteiger partial charge in [-0.1, -0.05) is 20.8 Å². The van der Waals surface area contributed by atoms with Crippen molar-refractivity contribution in [2.75, 3.05) is 0 Å². The zero-order valence-electron chi connectivity index (χ0n) is 19.1. The van der Waals surface area contributed by atoms with Gasteiger partial charge in [0.2, 0.25) is 0 Å². The van der Waals surface area contributed by atoms with Gasteiger partial charge in [-0.25, -0.2) is 0 Å². The number of carboxylic acid groups (broad SMARTS) is 1. The predicted molar refractivity (Wildman–Crippen MR) is 106 cm³/mol. The Balaban J connectivity index is 0.00000256. The van der Waals surface area contributed by atoms with E-state index in [1.165, 1.54) is 0 Å². The monoisotopic (exact) mass is 428 g/mol. The number of carbonyl (C=O) groups excluding carboxylic acids is 2. The number of hydrogen-bond donors (Lipinski definition) is 2. The maximum atomic E-state index is 12.1. The van der Waals surface area contributed by atoms with E-state index in [0.717, 1.165) is 19.3 Å². The van der Waals surface area contributed by atoms with E-state index in [1.807, 2.05) is 0 Å². The molecule has 4 rings (SSSR count). The zero-order valence-corrected chi connectivity index (χ0v) is 21.1. The number of hydrogen-bond acceptors (Lipinski definition) is 5. The molecule has 4 aliphatic rings. The average molecular weight is 429 g/mol. The maximum absolute atomic E-state index is 12.1. The number of aliphatic hydroxyl groups is 2. The molecule has 30 heavy (non-hydrogen) atoms. The summed E-state index contributed by atoms with van der Waals surface area (Å²) in [5, 5.41) is 33.6. The minimum Gasteiger partial charge on any atom is -0.550 e. The zero-order chi connectivity index (χ0) is 21.1. The summed E-state index contributed by atoms with van der Waals surface area (Å²) in [6, 6.07) is 0. The largest absolute Gasteiger partial charge is 1.00 e. The van der Waals surface area contributed by atoms with E-state index < -0.39 is 18.2 Å². The molecule has 6 heteroatoms. The molecule has 0 radical (unpaired) electrons. The van der Waals surface area contributed by atoms with E-state index in [2.05, 4.69) is 20.8 Å². The van der Waals surface area contributed by atoms with Gasteiger partial charge in [-0.2, -0.15) is 0 Å². The van der Waals surface area contributed by atoms with Crippen molar-refractivity contribution in [2.24, 2.45) is 46.3 Å². The van der Waals surface area contributed by atoms with Crippen molar-refractivity contribution in [1.82, 2.24) is 0 Å². The molecule has 0 aromatic heterocycles. The van der Waals surface area contributed by atoms with Gasteiger partial charge in [0.15, 0.2) is 0 Å². The molecule has 0 aromatic rings. The number of fused-ring (bicyclic) bond motifs is 5. The van der Waals surface area contributed by atoms with Gasteiger partial charge in [-0.3, -0.25) is 4.79 Å². The van der Waals surface area contributed by atoms with Gasteiger partial charge in [0, 0.05) is 18.8 Å². The van der Waals surface area contributed by atoms with Crippen molar-refractivity contribution in [3.63, 3.8) is 0 Å². The van der Waals surface area contributed by atoms with Crippen LogP contribution in [-0.2, 0) is 9.59 Å². The molecule has 4 fully saturated rings. The first-order valence-electron chi connectivity index (χ1n) is 11.7. The Bertz CT molecular complexity index is 683. The Morgan fingerprint density at radius 3 is 2.57 bits per heavy atom. The third kappa shape index (κ3) is 3.75. The van der Waals surface area contributed by atoms with Crippen LogP contribution in [0, 0.1) is 46.3 Å². The molecular weight excluding hydrogens is 391 g/mol. The van der Waals surface area contributed by atoms with Crippen LogP contribution in [-0.4, -0.2) is 34.2 Å². The first-order chi connectivity index (χ1) is 13.6. The van der Waals surface area contributed by atoms with Crippen molar-refractivity contribution in [1.29, 1.82) is 0 Å². The predicted octanol–water partition coefficient (Wildman–Crippen LogP) is -0.674. The fraction of sp³-hybridized carbons (Fsp3) is 0.917. The van der Waals surface area contributed by atoms with Crippen molar-refractivity contribution < 1.29 is 54.5 Å². The number of carbonyl (C=O) groups is 2. The molecule has 0 saturated heterocycles. The van der Waals surface area contributed by atoms with Gasteiger partial charge in [0.1, 0.15) is 5.78 Å². The number of rotatable bonds is 4. The van der Waals surface area contributed by atoms with Crippen LogP contribution in [0.3, 0.4) is 0 Å². The smallest absolute Gasteiger partial charge is 0.550 e. The molecular formula is C24H37NaO5. The second kappa shape index (κ2) is 8.78. The van der Waals surface area contributed by atoms with E-state index >= 15 is 0 Å². The fourth-order valence-corrected chi connectivity index (χ4v) is 8.49. The third-order valence-corrected chi connectivity index (χ3v) is 10.2. The molecule has 5 nitrogen and oxygen atoms in total. The van der Waals surface area contributed by atoms with Gasteiger partial charge >= 0.3 is 29.6 Å². The fourth-order valence-electron chi connectivity index (χ4n) is 8.49. The Hall–Kier alpha value is 0.0600. The summed E-state index contributed by atoms with van der Waals surface area (Å²) in [5.41, 5.74) is -0.250. The number of Topliss-reactive ketones (excluding diaryl/α,β-unsaturated/α-hetero) is 1. The molecule has 164 valence electrons. The van der Waals surface area contributed by atoms with Gasteiger partial charge < -0.3 is 20.1 Å². The average Bonchev–Trinajstić information content (AvgIpc) is 3.01. The minimum atomic E-state index is -1.01. The number of aliphatic hydroxyl groups excluding tert-OH is 2. The summed E-state index contributed by atoms with van der Waals surface area (Å²) < 4.78 is 0. The van der Waals surface area contributed by atoms with Crippen molar-refractivity contribution in [2.45, 2.75) is 90.8 Å². The Morgan fingerprint density at radius 1 is 1.20 bits per heavy atom. The molecule has 4 aliphatic carbocycles. The molecule has 0 bridgehead atoms. The quantitative estimate of drug-likeness (QED) is 0.579. The summed E-state index contributed by atoms with van der Waals surface area (Å²) >= 11 is 0. The molecule has 10 atom stereocenters. The summed E-state index contributed by atoms with van der Waals surface area (Å²) in [5.74, 6) is 0.731. The van der Waals surface area contributed by atoms with Gasteiger partial charge in [-0.15, -0.1) is 0 Å². The molecule has 0 heterocycles. The molecule has 4 saturated carbocycles. The first kappa shape index (κ1) is 24.7. The maximum Gasteiger partial charge on any atom is 1.00 e. The molecule has 2 N–H and O–H groups in total. The van der Waals surface area contributed by atoms with Crippen LogP contribution < -0.4 is 34.7 Å². The van der Waals surface area contributed by atoms with Crippen molar-refractivity contribution in [3.05, 3.63) is 0 Å². The number of carboxylic acids is 1. The van der Waals surface area contributed by atoms with Gasteiger partial charge in [0.05, 0.1) is 12.2 Å². The van der Waals surface area contributed by atoms with E-state index in [1.54, 1.807) is 0 Å². The molecule has 0 amide bonds. The van der Waals surface area contributed by atoms with Crippen LogP contribution >= 0.6 is 0 Å². The number of aliphatic carboxylic acids is 1. The van der Waals surface area contributed by atoms with Crippen LogP contribution in [0.5, 0.6) is 0 Å². The van der Waals surface area contributed by atoms with E-state index in [-0.39, 0.29) is 82.3 Å². The summed E-state index contributed by atoms with van der Waals surface area (Å²) in [4.78, 5) is 23.0. The van der Waals surface area contributed by atoms with Crippen molar-refractivity contribution in [3.8, 4) is 0 Å². The second-order valence-corrected chi connectivity index (χ2v) is 11.2. The molecule has 0 spiro atoms. The van der Waals surface area contributed by atoms with E-state index in [9.17, 15) is 24.9 Å². The van der Waals surface area contributed by atoms with Crippen LogP contribution in [0.15, 0.2) is 0 Å². The summed E-state index contributed by atoms with van der Waals surface area (Å²) in [6.45, 7) is 6.61. The van der Waals surface area contributed by atoms with Crippen LogP contribution in [0.1, 0.15) is 78.6 Å². The number of ketones is 1. The second-order valence-electron chi connectivity index (χ2n) is 11.2. The molecule has 4 unspecified atom stereocenters. The third-order valence-electron chi connectivity index (χ3n) is 10.2. The van der Waals surface area contributed by atoms with Crippen molar-refractivity contribution >= 4 is 11.8 Å². The standard InChI is InChI=1S/C24H38O5.Na/c1-13(4-7-21(28)29)16-5-6-17-22-18(12-20(27)24(16,17)3)23(2)9-8-15(25)10-14(23)11-19(22)26;/h13-14,16-20,22,26-27H,4-12H2,1-3H3,(H,28,29);/q;+1/p-1/t13-,14?,16-,17+,18?,19?,20?,22+,23+,24-;/m1./s1. The van der Waals surface area contributed by atoms with Crippen LogP contribution in [0.4, 0.5) is 0 Å². The normalized spacial score (nSPS) is 48.7. The van der Waals surface area contributed by atoms with Gasteiger partial charge in [0.25, 0.3) is 0 Å². The molecule has 0 aliphatic heterocycles. The minimum absolute atomic E-state index is 0. The Kier molecular flexibility index (Phi) is 7.23.